The third kappa shape index (κ3) is 3.27. The Morgan fingerprint density at radius 1 is 1.36 bits per heavy atom. The van der Waals surface area contributed by atoms with E-state index in [2.05, 4.69) is 38.5 Å². The van der Waals surface area contributed by atoms with E-state index in [-0.39, 0.29) is 0 Å². The Kier molecular flexibility index (Phi) is 4.66. The van der Waals surface area contributed by atoms with Gasteiger partial charge in [-0.3, -0.25) is 9.67 Å². The van der Waals surface area contributed by atoms with Crippen LogP contribution in [0.1, 0.15) is 30.7 Å². The SMILES string of the molecule is CN=C(NCC1CCCN1C)N1CCC(c2cnn(C)c2)C1. The number of rotatable bonds is 3. The van der Waals surface area contributed by atoms with Gasteiger partial charge in [0, 0.05) is 51.9 Å². The highest BCUT2D eigenvalue weighted by atomic mass is 15.3. The predicted octanol–water partition coefficient (Wildman–Crippen LogP) is 0.879. The number of aliphatic imine (C=N–C) groups is 1. The van der Waals surface area contributed by atoms with Crippen LogP contribution in [0.2, 0.25) is 0 Å². The molecule has 0 radical (unpaired) electrons. The molecule has 6 nitrogen and oxygen atoms in total. The molecule has 2 saturated heterocycles. The van der Waals surface area contributed by atoms with Crippen molar-refractivity contribution in [3.05, 3.63) is 18.0 Å². The zero-order chi connectivity index (χ0) is 15.5. The number of guanidine groups is 1. The smallest absolute Gasteiger partial charge is 0.193 e. The molecule has 6 heteroatoms. The van der Waals surface area contributed by atoms with Crippen LogP contribution >= 0.6 is 0 Å². The molecule has 0 bridgehead atoms. The number of nitrogens with one attached hydrogen (secondary N) is 1. The van der Waals surface area contributed by atoms with E-state index in [0.29, 0.717) is 12.0 Å². The van der Waals surface area contributed by atoms with E-state index in [0.717, 1.165) is 25.6 Å². The van der Waals surface area contributed by atoms with Gasteiger partial charge in [-0.25, -0.2) is 0 Å². The first-order valence-electron chi connectivity index (χ1n) is 8.31. The predicted molar refractivity (Wildman–Crippen MR) is 89.2 cm³/mol. The topological polar surface area (TPSA) is 48.7 Å². The number of aromatic nitrogens is 2. The lowest BCUT2D eigenvalue weighted by Gasteiger charge is -2.25. The molecule has 3 heterocycles. The minimum atomic E-state index is 0.571. The van der Waals surface area contributed by atoms with Gasteiger partial charge in [0.25, 0.3) is 0 Å². The quantitative estimate of drug-likeness (QED) is 0.665. The highest BCUT2D eigenvalue weighted by molar-refractivity contribution is 5.80. The van der Waals surface area contributed by atoms with Crippen LogP contribution in [0.3, 0.4) is 0 Å². The van der Waals surface area contributed by atoms with Gasteiger partial charge in [-0.15, -0.1) is 0 Å². The molecule has 2 unspecified atom stereocenters. The summed E-state index contributed by atoms with van der Waals surface area (Å²) >= 11 is 0. The second-order valence-electron chi connectivity index (χ2n) is 6.58. The van der Waals surface area contributed by atoms with Gasteiger partial charge >= 0.3 is 0 Å². The molecular formula is C16H28N6. The Morgan fingerprint density at radius 2 is 2.23 bits per heavy atom. The summed E-state index contributed by atoms with van der Waals surface area (Å²) < 4.78 is 1.89. The molecule has 2 aliphatic rings. The fourth-order valence-electron chi connectivity index (χ4n) is 3.65. The van der Waals surface area contributed by atoms with Gasteiger partial charge in [-0.05, 0) is 38.4 Å². The van der Waals surface area contributed by atoms with Gasteiger partial charge in [0.2, 0.25) is 0 Å². The second kappa shape index (κ2) is 6.69. The minimum absolute atomic E-state index is 0.571. The molecular weight excluding hydrogens is 276 g/mol. The lowest BCUT2D eigenvalue weighted by molar-refractivity contribution is 0.307. The van der Waals surface area contributed by atoms with Crippen molar-refractivity contribution in [1.29, 1.82) is 0 Å². The first-order chi connectivity index (χ1) is 10.7. The average Bonchev–Trinajstić information content (AvgIpc) is 3.22. The van der Waals surface area contributed by atoms with Crippen molar-refractivity contribution < 1.29 is 0 Å². The molecule has 2 atom stereocenters. The summed E-state index contributed by atoms with van der Waals surface area (Å²) in [4.78, 5) is 9.31. The van der Waals surface area contributed by atoms with Crippen molar-refractivity contribution in [2.45, 2.75) is 31.2 Å². The summed E-state index contributed by atoms with van der Waals surface area (Å²) in [6.45, 7) is 4.32. The standard InChI is InChI=1S/C16H28N6/c1-17-16(18-10-15-5-4-7-20(15)2)22-8-6-13(12-22)14-9-19-21(3)11-14/h9,11,13,15H,4-8,10,12H2,1-3H3,(H,17,18). The average molecular weight is 304 g/mol. The molecule has 0 aromatic carbocycles. The Labute approximate surface area is 133 Å². The maximum atomic E-state index is 4.48. The van der Waals surface area contributed by atoms with Crippen molar-refractivity contribution in [3.8, 4) is 0 Å². The Balaban J connectivity index is 1.54. The van der Waals surface area contributed by atoms with Crippen molar-refractivity contribution in [2.75, 3.05) is 40.3 Å². The van der Waals surface area contributed by atoms with E-state index in [1.165, 1.54) is 31.4 Å². The first-order valence-corrected chi connectivity index (χ1v) is 8.31. The van der Waals surface area contributed by atoms with Crippen LogP contribution in [-0.4, -0.2) is 71.9 Å². The van der Waals surface area contributed by atoms with E-state index in [1.807, 2.05) is 25.0 Å². The van der Waals surface area contributed by atoms with E-state index in [1.54, 1.807) is 0 Å². The van der Waals surface area contributed by atoms with Crippen LogP contribution in [0.25, 0.3) is 0 Å². The van der Waals surface area contributed by atoms with Gasteiger partial charge in [-0.1, -0.05) is 0 Å². The molecule has 122 valence electrons. The van der Waals surface area contributed by atoms with Gasteiger partial charge in [-0.2, -0.15) is 5.10 Å². The van der Waals surface area contributed by atoms with Crippen molar-refractivity contribution in [2.24, 2.45) is 12.0 Å². The highest BCUT2D eigenvalue weighted by Gasteiger charge is 2.28. The van der Waals surface area contributed by atoms with Crippen LogP contribution in [0.15, 0.2) is 17.4 Å². The molecule has 0 saturated carbocycles. The molecule has 1 aromatic rings. The summed E-state index contributed by atoms with van der Waals surface area (Å²) in [5.41, 5.74) is 1.34. The van der Waals surface area contributed by atoms with Crippen LogP contribution in [0.5, 0.6) is 0 Å². The number of nitrogens with zero attached hydrogens (tertiary/aromatic N) is 5. The summed E-state index contributed by atoms with van der Waals surface area (Å²) in [6, 6.07) is 0.647. The molecule has 1 aromatic heterocycles. The summed E-state index contributed by atoms with van der Waals surface area (Å²) in [6.07, 6.45) is 7.92. The molecule has 1 N–H and O–H groups in total. The van der Waals surface area contributed by atoms with E-state index in [4.69, 9.17) is 0 Å². The van der Waals surface area contributed by atoms with Crippen LogP contribution in [0.4, 0.5) is 0 Å². The molecule has 0 aliphatic carbocycles. The summed E-state index contributed by atoms with van der Waals surface area (Å²) in [5.74, 6) is 1.62. The Morgan fingerprint density at radius 3 is 2.86 bits per heavy atom. The third-order valence-corrected chi connectivity index (χ3v) is 5.06. The molecule has 0 spiro atoms. The van der Waals surface area contributed by atoms with E-state index < -0.39 is 0 Å². The molecule has 2 fully saturated rings. The molecule has 3 rings (SSSR count). The van der Waals surface area contributed by atoms with Crippen molar-refractivity contribution >= 4 is 5.96 Å². The number of likely N-dealkylation sites (tertiary alicyclic amines) is 2. The van der Waals surface area contributed by atoms with Crippen LogP contribution in [0, 0.1) is 0 Å². The van der Waals surface area contributed by atoms with Gasteiger partial charge in [0.05, 0.1) is 6.20 Å². The van der Waals surface area contributed by atoms with E-state index in [9.17, 15) is 0 Å². The van der Waals surface area contributed by atoms with E-state index >= 15 is 0 Å². The van der Waals surface area contributed by atoms with Crippen LogP contribution in [-0.2, 0) is 7.05 Å². The third-order valence-electron chi connectivity index (χ3n) is 5.06. The molecule has 2 aliphatic heterocycles. The van der Waals surface area contributed by atoms with Crippen molar-refractivity contribution in [3.63, 3.8) is 0 Å². The maximum absolute atomic E-state index is 4.48. The number of aryl methyl sites for hydroxylation is 1. The number of likely N-dealkylation sites (N-methyl/N-ethyl adjacent to an activating group) is 1. The fourth-order valence-corrected chi connectivity index (χ4v) is 3.65. The Hall–Kier alpha value is -1.56. The fraction of sp³-hybridized carbons (Fsp3) is 0.750. The maximum Gasteiger partial charge on any atom is 0.193 e. The highest BCUT2D eigenvalue weighted by Crippen LogP contribution is 2.26. The molecule has 22 heavy (non-hydrogen) atoms. The van der Waals surface area contributed by atoms with Gasteiger partial charge in [0.1, 0.15) is 0 Å². The normalized spacial score (nSPS) is 26.9. The van der Waals surface area contributed by atoms with Crippen LogP contribution < -0.4 is 5.32 Å². The van der Waals surface area contributed by atoms with Gasteiger partial charge in [0.15, 0.2) is 5.96 Å². The lowest BCUT2D eigenvalue weighted by atomic mass is 10.0. The van der Waals surface area contributed by atoms with Crippen molar-refractivity contribution in [1.82, 2.24) is 24.9 Å². The minimum Gasteiger partial charge on any atom is -0.355 e. The monoisotopic (exact) mass is 304 g/mol. The first kappa shape index (κ1) is 15.3. The van der Waals surface area contributed by atoms with Gasteiger partial charge < -0.3 is 15.1 Å². The zero-order valence-electron chi connectivity index (χ0n) is 14.0. The largest absolute Gasteiger partial charge is 0.355 e. The number of hydrogen-bond acceptors (Lipinski definition) is 3. The zero-order valence-corrected chi connectivity index (χ0v) is 14.0. The number of hydrogen-bond donors (Lipinski definition) is 1. The Bertz CT molecular complexity index is 522. The summed E-state index contributed by atoms with van der Waals surface area (Å²) in [7, 11) is 6.09. The lowest BCUT2D eigenvalue weighted by Crippen LogP contribution is -2.45. The summed E-state index contributed by atoms with van der Waals surface area (Å²) in [5, 5.41) is 7.87. The second-order valence-corrected chi connectivity index (χ2v) is 6.58. The molecule has 0 amide bonds.